The van der Waals surface area contributed by atoms with Crippen LogP contribution in [0.2, 0.25) is 0 Å². The smallest absolute Gasteiger partial charge is 0.235 e. The van der Waals surface area contributed by atoms with E-state index in [-0.39, 0.29) is 17.1 Å². The number of methoxy groups -OCH3 is 3. The monoisotopic (exact) mass is 595 g/mol. The van der Waals surface area contributed by atoms with Crippen molar-refractivity contribution in [2.75, 3.05) is 32.4 Å². The molecule has 2 aromatic heterocycles. The molecule has 41 heavy (non-hydrogen) atoms. The lowest BCUT2D eigenvalue weighted by atomic mass is 9.69. The molecule has 0 bridgehead atoms. The van der Waals surface area contributed by atoms with Crippen molar-refractivity contribution in [3.8, 4) is 34.7 Å². The van der Waals surface area contributed by atoms with Gasteiger partial charge in [-0.2, -0.15) is 5.26 Å². The number of thiophene rings is 1. The van der Waals surface area contributed by atoms with Gasteiger partial charge in [-0.25, -0.2) is 0 Å². The van der Waals surface area contributed by atoms with Gasteiger partial charge in [-0.1, -0.05) is 45.0 Å². The Hall–Kier alpha value is -3.49. The lowest BCUT2D eigenvalue weighted by Crippen LogP contribution is -2.28. The number of nitrogens with zero attached hydrogens (tertiary/aromatic N) is 4. The number of carbonyl (C=O) groups is 1. The maximum absolute atomic E-state index is 13.1. The number of nitrogens with one attached hydrogen (secondary N) is 1. The fourth-order valence-corrected chi connectivity index (χ4v) is 7.20. The maximum atomic E-state index is 13.1. The molecule has 1 atom stereocenters. The van der Waals surface area contributed by atoms with Crippen LogP contribution in [0.3, 0.4) is 0 Å². The van der Waals surface area contributed by atoms with Crippen molar-refractivity contribution >= 4 is 34.0 Å². The fourth-order valence-electron chi connectivity index (χ4n) is 5.15. The van der Waals surface area contributed by atoms with Gasteiger partial charge in [-0.3, -0.25) is 9.36 Å². The summed E-state index contributed by atoms with van der Waals surface area (Å²) in [6.07, 6.45) is 5.76. The molecule has 1 aromatic carbocycles. The zero-order valence-corrected chi connectivity index (χ0v) is 26.1. The molecule has 1 aliphatic rings. The SMILES string of the molecule is C=CCn1c(SCC(=O)Nc2sc3c(c2C#N)CCC(C(C)(C)CC)C3)nnc1-c1cc(OC)c(OC)c(OC)c1. The van der Waals surface area contributed by atoms with E-state index in [2.05, 4.69) is 48.9 Å². The van der Waals surface area contributed by atoms with Crippen molar-refractivity contribution in [3.05, 3.63) is 40.8 Å². The number of hydrogen-bond acceptors (Lipinski definition) is 9. The minimum atomic E-state index is -0.196. The molecule has 2 heterocycles. The average Bonchev–Trinajstić information content (AvgIpc) is 3.54. The molecule has 1 amide bonds. The van der Waals surface area contributed by atoms with Gasteiger partial charge in [0, 0.05) is 17.0 Å². The second-order valence-electron chi connectivity index (χ2n) is 10.6. The Kier molecular flexibility index (Phi) is 9.66. The van der Waals surface area contributed by atoms with Crippen LogP contribution in [0.1, 0.15) is 49.6 Å². The van der Waals surface area contributed by atoms with Crippen LogP contribution in [0.5, 0.6) is 17.2 Å². The number of fused-ring (bicyclic) bond motifs is 1. The van der Waals surface area contributed by atoms with E-state index in [9.17, 15) is 10.1 Å². The number of amides is 1. The van der Waals surface area contributed by atoms with Crippen LogP contribution in [-0.4, -0.2) is 47.8 Å². The molecule has 3 aromatic rings. The highest BCUT2D eigenvalue weighted by Gasteiger charge is 2.34. The Balaban J connectivity index is 1.52. The molecular formula is C30H37N5O4S2. The number of anilines is 1. The number of ether oxygens (including phenoxy) is 3. The van der Waals surface area contributed by atoms with Gasteiger partial charge < -0.3 is 19.5 Å². The zero-order valence-electron chi connectivity index (χ0n) is 24.5. The number of benzene rings is 1. The van der Waals surface area contributed by atoms with Crippen LogP contribution in [0, 0.1) is 22.7 Å². The Bertz CT molecular complexity index is 1450. The average molecular weight is 596 g/mol. The minimum Gasteiger partial charge on any atom is -0.493 e. The lowest BCUT2D eigenvalue weighted by Gasteiger charge is -2.36. The Morgan fingerprint density at radius 3 is 2.56 bits per heavy atom. The molecule has 0 saturated carbocycles. The van der Waals surface area contributed by atoms with Gasteiger partial charge in [0.15, 0.2) is 22.5 Å². The molecule has 0 fully saturated rings. The van der Waals surface area contributed by atoms with Gasteiger partial charge in [0.2, 0.25) is 11.7 Å². The first-order chi connectivity index (χ1) is 19.7. The normalized spacial score (nSPS) is 14.6. The standard InChI is InChI=1S/C30H37N5O4S2/c1-8-12-35-27(18-13-22(37-5)26(39-7)23(14-18)38-6)33-34-29(35)40-17-25(36)32-28-21(16-31)20-11-10-19(15-24(20)41-28)30(3,4)9-2/h8,13-14,19H,1,9-12,15,17H2,2-7H3,(H,32,36). The summed E-state index contributed by atoms with van der Waals surface area (Å²) in [5.41, 5.74) is 2.68. The first kappa shape index (κ1) is 30.5. The first-order valence-electron chi connectivity index (χ1n) is 13.5. The van der Waals surface area contributed by atoms with Crippen molar-refractivity contribution in [3.63, 3.8) is 0 Å². The van der Waals surface area contributed by atoms with Crippen LogP contribution in [0.4, 0.5) is 5.00 Å². The topological polar surface area (TPSA) is 111 Å². The maximum Gasteiger partial charge on any atom is 0.235 e. The van der Waals surface area contributed by atoms with Crippen molar-refractivity contribution in [2.45, 2.75) is 58.2 Å². The third kappa shape index (κ3) is 6.23. The van der Waals surface area contributed by atoms with E-state index in [4.69, 9.17) is 14.2 Å². The van der Waals surface area contributed by atoms with Crippen molar-refractivity contribution in [2.24, 2.45) is 11.3 Å². The third-order valence-corrected chi connectivity index (χ3v) is 10.1. The molecule has 11 heteroatoms. The molecule has 0 saturated heterocycles. The lowest BCUT2D eigenvalue weighted by molar-refractivity contribution is -0.113. The highest BCUT2D eigenvalue weighted by atomic mass is 32.2. The molecule has 0 aliphatic heterocycles. The van der Waals surface area contributed by atoms with Crippen molar-refractivity contribution < 1.29 is 19.0 Å². The van der Waals surface area contributed by atoms with E-state index in [1.54, 1.807) is 50.9 Å². The predicted octanol–water partition coefficient (Wildman–Crippen LogP) is 6.36. The third-order valence-electron chi connectivity index (χ3n) is 7.93. The van der Waals surface area contributed by atoms with Crippen LogP contribution in [0.25, 0.3) is 11.4 Å². The largest absolute Gasteiger partial charge is 0.493 e. The van der Waals surface area contributed by atoms with E-state index in [0.29, 0.717) is 51.3 Å². The van der Waals surface area contributed by atoms with Crippen molar-refractivity contribution in [1.29, 1.82) is 5.26 Å². The molecule has 0 radical (unpaired) electrons. The fraction of sp³-hybridized carbons (Fsp3) is 0.467. The van der Waals surface area contributed by atoms with E-state index in [0.717, 1.165) is 36.8 Å². The zero-order chi connectivity index (χ0) is 29.7. The summed E-state index contributed by atoms with van der Waals surface area (Å²) in [5, 5.41) is 22.9. The molecule has 4 rings (SSSR count). The number of nitriles is 1. The number of hydrogen-bond donors (Lipinski definition) is 1. The molecule has 9 nitrogen and oxygen atoms in total. The van der Waals surface area contributed by atoms with Gasteiger partial charge in [0.05, 0.1) is 32.6 Å². The van der Waals surface area contributed by atoms with E-state index >= 15 is 0 Å². The Labute approximate surface area is 249 Å². The number of allylic oxidation sites excluding steroid dienone is 1. The van der Waals surface area contributed by atoms with Gasteiger partial charge in [-0.15, -0.1) is 28.1 Å². The van der Waals surface area contributed by atoms with E-state index in [1.165, 1.54) is 16.6 Å². The summed E-state index contributed by atoms with van der Waals surface area (Å²) in [5.74, 6) is 2.55. The number of aromatic nitrogens is 3. The minimum absolute atomic E-state index is 0.115. The van der Waals surface area contributed by atoms with Crippen LogP contribution >= 0.6 is 23.1 Å². The summed E-state index contributed by atoms with van der Waals surface area (Å²) < 4.78 is 18.3. The highest BCUT2D eigenvalue weighted by Crippen LogP contribution is 2.45. The molecule has 1 aliphatic carbocycles. The summed E-state index contributed by atoms with van der Waals surface area (Å²) in [6.45, 7) is 11.2. The van der Waals surface area contributed by atoms with Gasteiger partial charge in [-0.05, 0) is 48.3 Å². The van der Waals surface area contributed by atoms with Gasteiger partial charge in [0.25, 0.3) is 0 Å². The molecule has 1 N–H and O–H groups in total. The predicted molar refractivity (Wildman–Crippen MR) is 163 cm³/mol. The summed E-state index contributed by atoms with van der Waals surface area (Å²) in [4.78, 5) is 14.3. The number of thioether (sulfide) groups is 1. The molecule has 218 valence electrons. The van der Waals surface area contributed by atoms with E-state index < -0.39 is 0 Å². The summed E-state index contributed by atoms with van der Waals surface area (Å²) in [7, 11) is 4.66. The number of rotatable bonds is 12. The second kappa shape index (κ2) is 13.0. The van der Waals surface area contributed by atoms with E-state index in [1.807, 2.05) is 4.57 Å². The highest BCUT2D eigenvalue weighted by molar-refractivity contribution is 7.99. The number of carbonyl (C=O) groups excluding carboxylic acids is 1. The van der Waals surface area contributed by atoms with Gasteiger partial charge >= 0.3 is 0 Å². The molecule has 0 spiro atoms. The Morgan fingerprint density at radius 2 is 1.98 bits per heavy atom. The first-order valence-corrected chi connectivity index (χ1v) is 15.3. The van der Waals surface area contributed by atoms with Gasteiger partial charge in [0.1, 0.15) is 11.1 Å². The second-order valence-corrected chi connectivity index (χ2v) is 12.6. The van der Waals surface area contributed by atoms with Crippen LogP contribution in [0.15, 0.2) is 29.9 Å². The van der Waals surface area contributed by atoms with Crippen LogP contribution < -0.4 is 19.5 Å². The quantitative estimate of drug-likeness (QED) is 0.190. The van der Waals surface area contributed by atoms with Crippen molar-refractivity contribution in [1.82, 2.24) is 14.8 Å². The summed E-state index contributed by atoms with van der Waals surface area (Å²) >= 11 is 2.82. The Morgan fingerprint density at radius 1 is 1.27 bits per heavy atom. The molecule has 1 unspecified atom stereocenters. The van der Waals surface area contributed by atoms with Crippen LogP contribution in [-0.2, 0) is 24.2 Å². The molecular weight excluding hydrogens is 558 g/mol. The summed E-state index contributed by atoms with van der Waals surface area (Å²) in [6, 6.07) is 5.96.